The Kier molecular flexibility index (Phi) is 11.5. The number of aryl methyl sites for hydroxylation is 1. The van der Waals surface area contributed by atoms with Gasteiger partial charge in [0.1, 0.15) is 0 Å². The van der Waals surface area contributed by atoms with E-state index < -0.39 is 0 Å². The number of esters is 2. The van der Waals surface area contributed by atoms with E-state index in [2.05, 4.69) is 48.6 Å². The standard InChI is InChI=1S/C15H17N3O2.C10H11NO2.C2H4.B2/c1-17-8-13(16-10-17)9-18-6-5-11-3-4-12(7-14(11)18)15(19)20-2;1-13-10(12)8-3-2-7-4-5-11-9(7)6-8;2*1-2/h3-4,7-8,10H,5-6,9H2,1-2H3;2-3,6,11H,4-5H2,1H3;1-2H2;. The topological polar surface area (TPSA) is 85.7 Å². The fraction of sp³-hybridized carbons (Fsp3) is 0.296. The number of nitrogens with zero attached hydrogens (tertiary/aromatic N) is 3. The summed E-state index contributed by atoms with van der Waals surface area (Å²) >= 11 is 0. The van der Waals surface area contributed by atoms with Crippen LogP contribution in [0.2, 0.25) is 0 Å². The minimum atomic E-state index is -0.294. The molecule has 1 aromatic heterocycles. The molecule has 0 unspecified atom stereocenters. The second-order valence-corrected chi connectivity index (χ2v) is 8.08. The number of carbonyl (C=O) groups excluding carboxylic acids is 2. The van der Waals surface area contributed by atoms with Crippen LogP contribution in [0.3, 0.4) is 0 Å². The fourth-order valence-corrected chi connectivity index (χ4v) is 4.13. The minimum Gasteiger partial charge on any atom is -0.465 e. The number of carbonyl (C=O) groups is 2. The molecule has 37 heavy (non-hydrogen) atoms. The lowest BCUT2D eigenvalue weighted by molar-refractivity contribution is 0.0592. The highest BCUT2D eigenvalue weighted by Gasteiger charge is 2.21. The molecule has 0 amide bonds. The first kappa shape index (κ1) is 29.3. The van der Waals surface area contributed by atoms with E-state index in [0.717, 1.165) is 49.5 Å². The zero-order chi connectivity index (χ0) is 27.4. The Balaban J connectivity index is 0.000000245. The molecule has 3 aromatic rings. The summed E-state index contributed by atoms with van der Waals surface area (Å²) in [5, 5.41) is 3.21. The molecule has 0 saturated carbocycles. The number of imidazole rings is 1. The lowest BCUT2D eigenvalue weighted by Gasteiger charge is -2.18. The summed E-state index contributed by atoms with van der Waals surface area (Å²) in [4.78, 5) is 29.4. The summed E-state index contributed by atoms with van der Waals surface area (Å²) in [5.41, 5.74) is 6.95. The molecule has 0 atom stereocenters. The number of benzene rings is 2. The number of ether oxygens (including phenoxy) is 2. The van der Waals surface area contributed by atoms with Crippen molar-refractivity contribution in [3.05, 3.63) is 90.0 Å². The van der Waals surface area contributed by atoms with Gasteiger partial charge in [0.05, 0.1) is 43.9 Å². The number of rotatable bonds is 4. The number of fused-ring (bicyclic) bond motifs is 2. The molecule has 190 valence electrons. The zero-order valence-electron chi connectivity index (χ0n) is 21.7. The summed E-state index contributed by atoms with van der Waals surface area (Å²) in [6.07, 6.45) is 5.86. The molecular weight excluding hydrogens is 466 g/mol. The van der Waals surface area contributed by atoms with Gasteiger partial charge in [-0.1, -0.05) is 12.1 Å². The van der Waals surface area contributed by atoms with Crippen LogP contribution in [0.1, 0.15) is 37.5 Å². The van der Waals surface area contributed by atoms with E-state index in [-0.39, 0.29) is 11.9 Å². The maximum Gasteiger partial charge on any atom is 0.337 e. The maximum absolute atomic E-state index is 11.6. The maximum atomic E-state index is 11.6. The van der Waals surface area contributed by atoms with Gasteiger partial charge >= 0.3 is 11.9 Å². The number of hydrogen-bond acceptors (Lipinski definition) is 7. The second-order valence-electron chi connectivity index (χ2n) is 8.08. The Morgan fingerprint density at radius 3 is 2.22 bits per heavy atom. The lowest BCUT2D eigenvalue weighted by atomic mass is 9.81. The van der Waals surface area contributed by atoms with Crippen molar-refractivity contribution in [1.82, 2.24) is 9.55 Å². The molecular formula is C27H32B2N4O4. The first-order valence-electron chi connectivity index (χ1n) is 11.7. The average Bonchev–Trinajstić information content (AvgIpc) is 3.70. The largest absolute Gasteiger partial charge is 0.465 e. The van der Waals surface area contributed by atoms with Gasteiger partial charge in [0.15, 0.2) is 0 Å². The van der Waals surface area contributed by atoms with E-state index in [1.165, 1.54) is 25.3 Å². The van der Waals surface area contributed by atoms with E-state index >= 15 is 0 Å². The van der Waals surface area contributed by atoms with Crippen molar-refractivity contribution in [3.8, 4) is 0 Å². The number of aromatic nitrogens is 2. The van der Waals surface area contributed by atoms with Crippen molar-refractivity contribution >= 4 is 38.8 Å². The Bertz CT molecular complexity index is 1200. The third-order valence-electron chi connectivity index (χ3n) is 5.85. The van der Waals surface area contributed by atoms with Crippen molar-refractivity contribution in [2.24, 2.45) is 7.05 Å². The van der Waals surface area contributed by atoms with Gasteiger partial charge in [0.2, 0.25) is 0 Å². The van der Waals surface area contributed by atoms with Gasteiger partial charge in [-0.3, -0.25) is 0 Å². The lowest BCUT2D eigenvalue weighted by Crippen LogP contribution is -2.20. The van der Waals surface area contributed by atoms with Crippen LogP contribution in [0.5, 0.6) is 0 Å². The van der Waals surface area contributed by atoms with Crippen molar-refractivity contribution in [2.75, 3.05) is 37.5 Å². The minimum absolute atomic E-state index is 0.281. The third-order valence-corrected chi connectivity index (χ3v) is 5.85. The van der Waals surface area contributed by atoms with Gasteiger partial charge in [-0.2, -0.15) is 0 Å². The molecule has 5 rings (SSSR count). The monoisotopic (exact) mass is 498 g/mol. The number of hydrogen-bond donors (Lipinski definition) is 1. The van der Waals surface area contributed by atoms with Crippen molar-refractivity contribution in [3.63, 3.8) is 0 Å². The van der Waals surface area contributed by atoms with E-state index in [1.54, 1.807) is 12.4 Å². The molecule has 1 N–H and O–H groups in total. The van der Waals surface area contributed by atoms with Gasteiger partial charge < -0.3 is 24.3 Å². The van der Waals surface area contributed by atoms with Crippen LogP contribution in [0.4, 0.5) is 11.4 Å². The van der Waals surface area contributed by atoms with E-state index in [1.807, 2.05) is 48.1 Å². The predicted molar refractivity (Wildman–Crippen MR) is 148 cm³/mol. The van der Waals surface area contributed by atoms with Crippen LogP contribution < -0.4 is 10.2 Å². The van der Waals surface area contributed by atoms with Crippen LogP contribution in [-0.2, 0) is 35.9 Å². The Labute approximate surface area is 221 Å². The van der Waals surface area contributed by atoms with Crippen LogP contribution in [-0.4, -0.2) is 64.3 Å². The molecule has 2 aliphatic heterocycles. The molecule has 4 radical (unpaired) electrons. The van der Waals surface area contributed by atoms with Gasteiger partial charge in [0, 0.05) is 53.2 Å². The third kappa shape index (κ3) is 7.52. The molecule has 3 heterocycles. The summed E-state index contributed by atoms with van der Waals surface area (Å²) in [6, 6.07) is 11.4. The van der Waals surface area contributed by atoms with Gasteiger partial charge in [-0.05, 0) is 48.2 Å². The molecule has 0 fully saturated rings. The van der Waals surface area contributed by atoms with Crippen LogP contribution in [0, 0.1) is 0 Å². The molecule has 2 aromatic carbocycles. The molecule has 10 heteroatoms. The fourth-order valence-electron chi connectivity index (χ4n) is 4.13. The molecule has 0 aliphatic carbocycles. The highest BCUT2D eigenvalue weighted by Crippen LogP contribution is 2.30. The van der Waals surface area contributed by atoms with Gasteiger partial charge in [-0.25, -0.2) is 14.6 Å². The molecule has 0 spiro atoms. The molecule has 0 bridgehead atoms. The first-order valence-corrected chi connectivity index (χ1v) is 11.7. The Hall–Kier alpha value is -3.94. The van der Waals surface area contributed by atoms with E-state index in [9.17, 15) is 9.59 Å². The van der Waals surface area contributed by atoms with Crippen molar-refractivity contribution in [2.45, 2.75) is 19.4 Å². The second kappa shape index (κ2) is 14.6. The summed E-state index contributed by atoms with van der Waals surface area (Å²) < 4.78 is 11.4. The smallest absolute Gasteiger partial charge is 0.337 e. The first-order chi connectivity index (χ1) is 18.0. The van der Waals surface area contributed by atoms with Crippen molar-refractivity contribution < 1.29 is 19.1 Å². The van der Waals surface area contributed by atoms with E-state index in [4.69, 9.17) is 4.74 Å². The summed E-state index contributed by atoms with van der Waals surface area (Å²) in [6.45, 7) is 8.68. The SMILES string of the molecule is C=C.COC(=O)c1ccc2c(c1)N(Cc1cn(C)cn1)CC2.COC(=O)c1ccc2c(c1)NCC2.[B][B]. The van der Waals surface area contributed by atoms with Crippen LogP contribution in [0.15, 0.2) is 62.1 Å². The van der Waals surface area contributed by atoms with Crippen molar-refractivity contribution in [1.29, 1.82) is 0 Å². The van der Waals surface area contributed by atoms with Gasteiger partial charge in [0.25, 0.3) is 0 Å². The highest BCUT2D eigenvalue weighted by atomic mass is 16.5. The summed E-state index contributed by atoms with van der Waals surface area (Å²) in [7, 11) is 12.8. The number of methoxy groups -OCH3 is 2. The van der Waals surface area contributed by atoms with Gasteiger partial charge in [-0.15, -0.1) is 13.2 Å². The molecule has 2 aliphatic rings. The molecule has 8 nitrogen and oxygen atoms in total. The predicted octanol–water partition coefficient (Wildman–Crippen LogP) is 3.25. The van der Waals surface area contributed by atoms with Crippen LogP contribution in [0.25, 0.3) is 0 Å². The zero-order valence-corrected chi connectivity index (χ0v) is 21.7. The Morgan fingerprint density at radius 2 is 1.62 bits per heavy atom. The quantitative estimate of drug-likeness (QED) is 0.336. The number of anilines is 2. The van der Waals surface area contributed by atoms with Crippen LogP contribution >= 0.6 is 0 Å². The van der Waals surface area contributed by atoms with E-state index in [0.29, 0.717) is 11.1 Å². The Morgan fingerprint density at radius 1 is 1.00 bits per heavy atom. The average molecular weight is 498 g/mol. The highest BCUT2D eigenvalue weighted by molar-refractivity contribution is 6.75. The summed E-state index contributed by atoms with van der Waals surface area (Å²) in [5.74, 6) is -0.575. The normalized spacial score (nSPS) is 12.1. The number of nitrogens with one attached hydrogen (secondary N) is 1. The molecule has 0 saturated heterocycles.